The van der Waals surface area contributed by atoms with Gasteiger partial charge in [-0.15, -0.1) is 11.6 Å². The molecule has 13 heavy (non-hydrogen) atoms. The Labute approximate surface area is 84.4 Å². The molecule has 0 unspecified atom stereocenters. The van der Waals surface area contributed by atoms with E-state index >= 15 is 0 Å². The van der Waals surface area contributed by atoms with E-state index in [-0.39, 0.29) is 0 Å². The maximum atomic E-state index is 5.63. The average molecular weight is 199 g/mol. The van der Waals surface area contributed by atoms with Crippen LogP contribution in [0.5, 0.6) is 0 Å². The SMILES string of the molecule is CC(C)CCc1ncc(CCl)cn1. The fourth-order valence-electron chi connectivity index (χ4n) is 0.997. The lowest BCUT2D eigenvalue weighted by atomic mass is 10.1. The molecule has 0 aliphatic heterocycles. The van der Waals surface area contributed by atoms with Gasteiger partial charge in [-0.25, -0.2) is 9.97 Å². The molecule has 0 radical (unpaired) electrons. The second-order valence-corrected chi connectivity index (χ2v) is 3.84. The molecule has 0 fully saturated rings. The molecule has 0 saturated carbocycles. The Morgan fingerprint density at radius 2 is 1.92 bits per heavy atom. The van der Waals surface area contributed by atoms with Crippen molar-refractivity contribution in [1.29, 1.82) is 0 Å². The summed E-state index contributed by atoms with van der Waals surface area (Å²) in [5, 5.41) is 0. The van der Waals surface area contributed by atoms with Gasteiger partial charge in [0.05, 0.1) is 5.88 Å². The van der Waals surface area contributed by atoms with Crippen LogP contribution in [0.15, 0.2) is 12.4 Å². The van der Waals surface area contributed by atoms with Crippen LogP contribution in [-0.2, 0) is 12.3 Å². The maximum Gasteiger partial charge on any atom is 0.128 e. The van der Waals surface area contributed by atoms with Gasteiger partial charge in [0, 0.05) is 24.4 Å². The standard InChI is InChI=1S/C10H15ClN2/c1-8(2)3-4-10-12-6-9(5-11)7-13-10/h6-8H,3-5H2,1-2H3. The van der Waals surface area contributed by atoms with Crippen LogP contribution in [0.25, 0.3) is 0 Å². The van der Waals surface area contributed by atoms with Crippen LogP contribution in [0.3, 0.4) is 0 Å². The van der Waals surface area contributed by atoms with Crippen molar-refractivity contribution in [2.24, 2.45) is 5.92 Å². The van der Waals surface area contributed by atoms with E-state index in [1.165, 1.54) is 0 Å². The van der Waals surface area contributed by atoms with Gasteiger partial charge >= 0.3 is 0 Å². The topological polar surface area (TPSA) is 25.8 Å². The molecule has 0 aliphatic rings. The Morgan fingerprint density at radius 3 is 2.38 bits per heavy atom. The first-order valence-corrected chi connectivity index (χ1v) is 5.11. The molecule has 0 aromatic carbocycles. The summed E-state index contributed by atoms with van der Waals surface area (Å²) in [6.45, 7) is 4.40. The third-order valence-corrected chi connectivity index (χ3v) is 2.17. The van der Waals surface area contributed by atoms with E-state index in [9.17, 15) is 0 Å². The van der Waals surface area contributed by atoms with Gasteiger partial charge in [-0.3, -0.25) is 0 Å². The van der Waals surface area contributed by atoms with E-state index in [4.69, 9.17) is 11.6 Å². The molecule has 0 N–H and O–H groups in total. The highest BCUT2D eigenvalue weighted by Crippen LogP contribution is 2.06. The molecule has 1 heterocycles. The van der Waals surface area contributed by atoms with Crippen LogP contribution in [0.2, 0.25) is 0 Å². The minimum atomic E-state index is 0.491. The second kappa shape index (κ2) is 5.18. The number of hydrogen-bond acceptors (Lipinski definition) is 2. The van der Waals surface area contributed by atoms with Gasteiger partial charge in [-0.2, -0.15) is 0 Å². The molecule has 72 valence electrons. The molecule has 3 heteroatoms. The van der Waals surface area contributed by atoms with Crippen LogP contribution in [0, 0.1) is 5.92 Å². The van der Waals surface area contributed by atoms with E-state index in [0.29, 0.717) is 11.8 Å². The van der Waals surface area contributed by atoms with Crippen molar-refractivity contribution < 1.29 is 0 Å². The number of alkyl halides is 1. The monoisotopic (exact) mass is 198 g/mol. The van der Waals surface area contributed by atoms with Crippen LogP contribution in [-0.4, -0.2) is 9.97 Å². The summed E-state index contributed by atoms with van der Waals surface area (Å²) >= 11 is 5.63. The maximum absolute atomic E-state index is 5.63. The zero-order valence-corrected chi connectivity index (χ0v) is 8.88. The second-order valence-electron chi connectivity index (χ2n) is 3.57. The van der Waals surface area contributed by atoms with Crippen LogP contribution < -0.4 is 0 Å². The number of rotatable bonds is 4. The van der Waals surface area contributed by atoms with Crippen molar-refractivity contribution in [3.8, 4) is 0 Å². The summed E-state index contributed by atoms with van der Waals surface area (Å²) < 4.78 is 0. The Kier molecular flexibility index (Phi) is 4.16. The summed E-state index contributed by atoms with van der Waals surface area (Å²) in [5.74, 6) is 2.11. The number of hydrogen-bond donors (Lipinski definition) is 0. The Hall–Kier alpha value is -0.630. The van der Waals surface area contributed by atoms with Gasteiger partial charge in [0.25, 0.3) is 0 Å². The van der Waals surface area contributed by atoms with Crippen LogP contribution in [0.4, 0.5) is 0 Å². The largest absolute Gasteiger partial charge is 0.241 e. The zero-order chi connectivity index (χ0) is 9.68. The third-order valence-electron chi connectivity index (χ3n) is 1.86. The van der Waals surface area contributed by atoms with E-state index < -0.39 is 0 Å². The van der Waals surface area contributed by atoms with E-state index in [0.717, 1.165) is 24.2 Å². The highest BCUT2D eigenvalue weighted by atomic mass is 35.5. The summed E-state index contributed by atoms with van der Waals surface area (Å²) in [4.78, 5) is 8.45. The number of aromatic nitrogens is 2. The third kappa shape index (κ3) is 3.73. The van der Waals surface area contributed by atoms with Crippen molar-refractivity contribution in [3.05, 3.63) is 23.8 Å². The van der Waals surface area contributed by atoms with Crippen molar-refractivity contribution in [2.75, 3.05) is 0 Å². The molecule has 1 aromatic heterocycles. The molecule has 0 saturated heterocycles. The quantitative estimate of drug-likeness (QED) is 0.696. The van der Waals surface area contributed by atoms with Gasteiger partial charge in [0.1, 0.15) is 5.82 Å². The fraction of sp³-hybridized carbons (Fsp3) is 0.600. The summed E-state index contributed by atoms with van der Waals surface area (Å²) in [5.41, 5.74) is 0.981. The van der Waals surface area contributed by atoms with Gasteiger partial charge < -0.3 is 0 Å². The number of nitrogens with zero attached hydrogens (tertiary/aromatic N) is 2. The number of aryl methyl sites for hydroxylation is 1. The molecule has 1 aromatic rings. The summed E-state index contributed by atoms with van der Waals surface area (Å²) in [6, 6.07) is 0. The minimum Gasteiger partial charge on any atom is -0.241 e. The molecular weight excluding hydrogens is 184 g/mol. The first-order chi connectivity index (χ1) is 6.22. The molecule has 0 bridgehead atoms. The predicted octanol–water partition coefficient (Wildman–Crippen LogP) is 2.80. The fourth-order valence-corrected chi connectivity index (χ4v) is 1.14. The first kappa shape index (κ1) is 10.5. The van der Waals surface area contributed by atoms with Crippen LogP contribution in [0.1, 0.15) is 31.7 Å². The summed E-state index contributed by atoms with van der Waals surface area (Å²) in [6.07, 6.45) is 5.70. The Balaban J connectivity index is 2.49. The molecule has 0 spiro atoms. The van der Waals surface area contributed by atoms with Crippen molar-refractivity contribution >= 4 is 11.6 Å². The Morgan fingerprint density at radius 1 is 1.31 bits per heavy atom. The van der Waals surface area contributed by atoms with E-state index in [1.807, 2.05) is 0 Å². The molecular formula is C10H15ClN2. The van der Waals surface area contributed by atoms with Crippen molar-refractivity contribution in [1.82, 2.24) is 9.97 Å². The normalized spacial score (nSPS) is 10.8. The van der Waals surface area contributed by atoms with Crippen molar-refractivity contribution in [2.45, 2.75) is 32.6 Å². The average Bonchev–Trinajstić information content (AvgIpc) is 2.15. The van der Waals surface area contributed by atoms with Crippen LogP contribution >= 0.6 is 11.6 Å². The van der Waals surface area contributed by atoms with E-state index in [2.05, 4.69) is 23.8 Å². The lowest BCUT2D eigenvalue weighted by molar-refractivity contribution is 0.574. The first-order valence-electron chi connectivity index (χ1n) is 4.58. The molecule has 0 atom stereocenters. The Bertz CT molecular complexity index is 244. The van der Waals surface area contributed by atoms with Crippen molar-refractivity contribution in [3.63, 3.8) is 0 Å². The highest BCUT2D eigenvalue weighted by Gasteiger charge is 1.99. The highest BCUT2D eigenvalue weighted by molar-refractivity contribution is 6.17. The molecule has 0 aliphatic carbocycles. The molecule has 2 nitrogen and oxygen atoms in total. The lowest BCUT2D eigenvalue weighted by Crippen LogP contribution is -1.98. The summed E-state index contributed by atoms with van der Waals surface area (Å²) in [7, 11) is 0. The smallest absolute Gasteiger partial charge is 0.128 e. The van der Waals surface area contributed by atoms with Gasteiger partial charge in [0.15, 0.2) is 0 Å². The van der Waals surface area contributed by atoms with E-state index in [1.54, 1.807) is 12.4 Å². The minimum absolute atomic E-state index is 0.491. The predicted molar refractivity (Wildman–Crippen MR) is 54.7 cm³/mol. The zero-order valence-electron chi connectivity index (χ0n) is 8.13. The van der Waals surface area contributed by atoms with Gasteiger partial charge in [-0.05, 0) is 12.3 Å². The molecule has 0 amide bonds. The van der Waals surface area contributed by atoms with Gasteiger partial charge in [0.2, 0.25) is 0 Å². The lowest BCUT2D eigenvalue weighted by Gasteiger charge is -2.03. The number of halogens is 1. The molecule has 1 rings (SSSR count). The van der Waals surface area contributed by atoms with Gasteiger partial charge in [-0.1, -0.05) is 13.8 Å².